The maximum Gasteiger partial charge on any atom is 0.138 e. The zero-order valence-corrected chi connectivity index (χ0v) is 6.55. The average molecular weight is 178 g/mol. The number of benzene rings is 1. The Morgan fingerprint density at radius 3 is 2.70 bits per heavy atom. The van der Waals surface area contributed by atoms with Crippen molar-refractivity contribution in [2.75, 3.05) is 0 Å². The van der Waals surface area contributed by atoms with Gasteiger partial charge in [0.2, 0.25) is 0 Å². The Morgan fingerprint density at radius 2 is 2.10 bits per heavy atom. The summed E-state index contributed by atoms with van der Waals surface area (Å²) in [6.45, 7) is 0. The molecule has 0 aliphatic rings. The van der Waals surface area contributed by atoms with Gasteiger partial charge in [-0.15, -0.1) is 0 Å². The Balaban J connectivity index is 2.81. The monoisotopic (exact) mass is 177 g/mol. The van der Waals surface area contributed by atoms with Crippen molar-refractivity contribution in [1.29, 1.82) is 0 Å². The minimum absolute atomic E-state index is 0.263. The molecule has 0 fully saturated rings. The van der Waals surface area contributed by atoms with E-state index >= 15 is 0 Å². The number of hydrogen-bond donors (Lipinski definition) is 1. The second-order valence-electron chi connectivity index (χ2n) is 1.61. The first-order valence-electron chi connectivity index (χ1n) is 2.61. The Bertz CT molecular complexity index is 219. The van der Waals surface area contributed by atoms with Crippen LogP contribution < -0.4 is 4.24 Å². The molecule has 0 saturated heterocycles. The van der Waals surface area contributed by atoms with Crippen LogP contribution in [0, 0.1) is 5.82 Å². The molecule has 0 radical (unpaired) electrons. The molecule has 0 saturated carbocycles. The van der Waals surface area contributed by atoms with Gasteiger partial charge in [0, 0.05) is 0 Å². The van der Waals surface area contributed by atoms with E-state index in [0.29, 0.717) is 4.90 Å². The lowest BCUT2D eigenvalue weighted by molar-refractivity contribution is 0.602. The summed E-state index contributed by atoms with van der Waals surface area (Å²) in [4.78, 5) is 0.498. The molecule has 1 rings (SSSR count). The van der Waals surface area contributed by atoms with Gasteiger partial charge in [-0.1, -0.05) is 12.1 Å². The van der Waals surface area contributed by atoms with Crippen molar-refractivity contribution in [3.05, 3.63) is 30.1 Å². The summed E-state index contributed by atoms with van der Waals surface area (Å²) >= 11 is 6.20. The lowest BCUT2D eigenvalue weighted by Gasteiger charge is -1.96. The molecule has 0 atom stereocenters. The van der Waals surface area contributed by atoms with Gasteiger partial charge in [0.15, 0.2) is 0 Å². The van der Waals surface area contributed by atoms with Gasteiger partial charge in [0.25, 0.3) is 0 Å². The highest BCUT2D eigenvalue weighted by molar-refractivity contribution is 7.98. The number of nitrogens with one attached hydrogen (secondary N) is 1. The molecule has 1 aromatic carbocycles. The van der Waals surface area contributed by atoms with Crippen LogP contribution in [0.3, 0.4) is 0 Å². The van der Waals surface area contributed by atoms with Crippen LogP contribution in [-0.4, -0.2) is 0 Å². The zero-order valence-electron chi connectivity index (χ0n) is 4.97. The molecule has 0 bridgehead atoms. The summed E-state index contributed by atoms with van der Waals surface area (Å²) in [6, 6.07) is 6.42. The fourth-order valence-electron chi connectivity index (χ4n) is 0.569. The first-order chi connectivity index (χ1) is 4.84. The normalized spacial score (nSPS) is 9.80. The summed E-state index contributed by atoms with van der Waals surface area (Å²) < 4.78 is 14.9. The Morgan fingerprint density at radius 1 is 1.40 bits per heavy atom. The maximum atomic E-state index is 12.7. The van der Waals surface area contributed by atoms with Crippen LogP contribution in [0.1, 0.15) is 0 Å². The van der Waals surface area contributed by atoms with Crippen molar-refractivity contribution in [3.8, 4) is 0 Å². The first kappa shape index (κ1) is 7.85. The third-order valence-electron chi connectivity index (χ3n) is 0.985. The molecule has 0 aliphatic carbocycles. The smallest absolute Gasteiger partial charge is 0.138 e. The second-order valence-corrected chi connectivity index (χ2v) is 2.87. The molecular weight excluding hydrogens is 173 g/mol. The van der Waals surface area contributed by atoms with Crippen molar-refractivity contribution in [1.82, 2.24) is 4.24 Å². The quantitative estimate of drug-likeness (QED) is 0.551. The predicted molar refractivity (Wildman–Crippen MR) is 41.2 cm³/mol. The fourth-order valence-corrected chi connectivity index (χ4v) is 1.21. The SMILES string of the molecule is Fc1ccccc1SNCl. The second kappa shape index (κ2) is 3.81. The van der Waals surface area contributed by atoms with Gasteiger partial charge in [-0.2, -0.15) is 4.24 Å². The summed E-state index contributed by atoms with van der Waals surface area (Å²) in [7, 11) is 0. The average Bonchev–Trinajstić information content (AvgIpc) is 1.94. The lowest BCUT2D eigenvalue weighted by atomic mass is 10.4. The molecule has 0 amide bonds. The van der Waals surface area contributed by atoms with E-state index in [4.69, 9.17) is 11.8 Å². The molecule has 54 valence electrons. The van der Waals surface area contributed by atoms with Crippen molar-refractivity contribution < 1.29 is 4.39 Å². The molecule has 4 heteroatoms. The van der Waals surface area contributed by atoms with Crippen LogP contribution in [0.15, 0.2) is 29.2 Å². The van der Waals surface area contributed by atoms with Crippen LogP contribution >= 0.6 is 23.7 Å². The standard InChI is InChI=1S/C6H5ClFNS/c7-9-10-6-4-2-1-3-5(6)8/h1-4,9H. The summed E-state index contributed by atoms with van der Waals surface area (Å²) in [5, 5.41) is 0. The summed E-state index contributed by atoms with van der Waals surface area (Å²) in [5.74, 6) is -0.263. The summed E-state index contributed by atoms with van der Waals surface area (Å²) in [6.07, 6.45) is 0. The Labute approximate surface area is 67.8 Å². The largest absolute Gasteiger partial charge is 0.206 e. The number of halogens is 2. The molecule has 0 heterocycles. The molecule has 1 nitrogen and oxygen atoms in total. The number of rotatable bonds is 2. The topological polar surface area (TPSA) is 12.0 Å². The van der Waals surface area contributed by atoms with Gasteiger partial charge in [0.1, 0.15) is 5.82 Å². The molecule has 0 unspecified atom stereocenters. The van der Waals surface area contributed by atoms with E-state index in [1.165, 1.54) is 6.07 Å². The highest BCUT2D eigenvalue weighted by atomic mass is 35.5. The van der Waals surface area contributed by atoms with Crippen LogP contribution in [0.5, 0.6) is 0 Å². The van der Waals surface area contributed by atoms with E-state index in [9.17, 15) is 4.39 Å². The molecule has 0 spiro atoms. The van der Waals surface area contributed by atoms with E-state index in [2.05, 4.69) is 4.24 Å². The summed E-state index contributed by atoms with van der Waals surface area (Å²) in [5.41, 5.74) is 0. The Hall–Kier alpha value is -0.250. The van der Waals surface area contributed by atoms with Gasteiger partial charge in [-0.25, -0.2) is 4.39 Å². The molecular formula is C6H5ClFNS. The number of hydrogen-bond acceptors (Lipinski definition) is 2. The maximum absolute atomic E-state index is 12.7. The van der Waals surface area contributed by atoms with Gasteiger partial charge in [-0.05, 0) is 35.9 Å². The highest BCUT2D eigenvalue weighted by Gasteiger charge is 1.97. The van der Waals surface area contributed by atoms with Crippen LogP contribution in [0.2, 0.25) is 0 Å². The third-order valence-corrected chi connectivity index (χ3v) is 1.84. The van der Waals surface area contributed by atoms with E-state index < -0.39 is 0 Å². The van der Waals surface area contributed by atoms with E-state index in [-0.39, 0.29) is 5.82 Å². The fraction of sp³-hybridized carbons (Fsp3) is 0. The lowest BCUT2D eigenvalue weighted by Crippen LogP contribution is -1.85. The van der Waals surface area contributed by atoms with Gasteiger partial charge >= 0.3 is 0 Å². The molecule has 10 heavy (non-hydrogen) atoms. The van der Waals surface area contributed by atoms with Crippen LogP contribution in [0.4, 0.5) is 4.39 Å². The molecule has 0 aromatic heterocycles. The van der Waals surface area contributed by atoms with Gasteiger partial charge in [0.05, 0.1) is 4.90 Å². The van der Waals surface area contributed by atoms with E-state index in [0.717, 1.165) is 11.9 Å². The molecule has 1 aromatic rings. The first-order valence-corrected chi connectivity index (χ1v) is 3.81. The molecule has 0 aliphatic heterocycles. The zero-order chi connectivity index (χ0) is 7.40. The van der Waals surface area contributed by atoms with Gasteiger partial charge < -0.3 is 0 Å². The van der Waals surface area contributed by atoms with Crippen molar-refractivity contribution in [2.24, 2.45) is 0 Å². The third kappa shape index (κ3) is 1.87. The van der Waals surface area contributed by atoms with E-state index in [1.807, 2.05) is 0 Å². The minimum atomic E-state index is -0.263. The van der Waals surface area contributed by atoms with Crippen molar-refractivity contribution in [3.63, 3.8) is 0 Å². The van der Waals surface area contributed by atoms with E-state index in [1.54, 1.807) is 18.2 Å². The Kier molecular flexibility index (Phi) is 2.99. The van der Waals surface area contributed by atoms with Crippen LogP contribution in [0.25, 0.3) is 0 Å². The van der Waals surface area contributed by atoms with Gasteiger partial charge in [-0.3, -0.25) is 0 Å². The molecule has 1 N–H and O–H groups in total. The van der Waals surface area contributed by atoms with Crippen LogP contribution in [-0.2, 0) is 0 Å². The minimum Gasteiger partial charge on any atom is -0.206 e. The van der Waals surface area contributed by atoms with Crippen molar-refractivity contribution in [2.45, 2.75) is 4.90 Å². The highest BCUT2D eigenvalue weighted by Crippen LogP contribution is 2.17. The predicted octanol–water partition coefficient (Wildman–Crippen LogP) is 2.58. The van der Waals surface area contributed by atoms with Crippen molar-refractivity contribution >= 4 is 23.7 Å².